The number of ether oxygens (including phenoxy) is 5. The fourth-order valence-corrected chi connectivity index (χ4v) is 31.9. The molecule has 35 atom stereocenters. The van der Waals surface area contributed by atoms with E-state index in [1.807, 2.05) is 48.5 Å². The molecule has 1 saturated heterocycles. The van der Waals surface area contributed by atoms with Gasteiger partial charge in [0, 0.05) is 5.41 Å². The summed E-state index contributed by atoms with van der Waals surface area (Å²) in [5.41, 5.74) is -1.26. The first-order chi connectivity index (χ1) is 53.7. The zero-order valence-electron chi connectivity index (χ0n) is 77.8. The Morgan fingerprint density at radius 1 is 0.400 bits per heavy atom. The summed E-state index contributed by atoms with van der Waals surface area (Å²) in [5, 5.41) is 19.6. The minimum atomic E-state index is -0.451. The molecule has 1 spiro atoms. The van der Waals surface area contributed by atoms with Crippen LogP contribution in [0.3, 0.4) is 0 Å². The molecule has 0 amide bonds. The van der Waals surface area contributed by atoms with E-state index in [1.165, 1.54) is 109 Å². The summed E-state index contributed by atoms with van der Waals surface area (Å²) in [6, 6.07) is 0. The van der Waals surface area contributed by atoms with E-state index in [-0.39, 0.29) is 92.9 Å². The Labute approximate surface area is 701 Å². The second kappa shape index (κ2) is 34.1. The Morgan fingerprint density at radius 3 is 1.10 bits per heavy atom. The molecule has 0 aromatic carbocycles. The SMILES string of the molecule is CC1C2CC(C(=O)OC(C)(C)C)C(C2)C1C.CC1C2CC(C(=O)OC(C)(C)C34CC5CC(CC(C5)C3)C4)C(C2)C1C.CC1C2CC(C1C)C(C(C)(C)O)C2.CC1C2CC(C1C)C1(CCOC1=O)C2.CC1C2CC(O)C(C2)C1C.CCC(C)(C)OC(=O)C1CC2CC1C(C)C2C.CCC1(OC(=O)C2CC3CC2C(C)C3C)CCCCC1. The second-order valence-corrected chi connectivity index (χ2v) is 48.2. The van der Waals surface area contributed by atoms with E-state index >= 15 is 0 Å². The Balaban J connectivity index is 0.000000119. The standard InChI is InChI=1S/C23H36O2.C18H30O2.C15H26O2.C14H24O2.C12H18O2.C12H22O.C9H16O/c1-13-14(2)19-8-18(13)9-20(19)21(24)25-22(3,4)23-10-15-5-16(11-23)7-17(6-15)12-23;1-4-18(8-6-5-7-9-18)20-17(19)16-11-14-10-15(16)13(3)12(14)2;1-6-15(4,5)17-14(16)13-8-11-7-12(13)10(3)9(11)2;1-8-9(2)11-6-10(8)7-12(11)13(15)16-14(3,4)5;1-7-8(2)10-5-9(7)6-12(10)3-4-14-11(12)13;1-7-8(2)10-5-9(7)6-11(10)12(3,4)13;1-5-6(2)8-3-7(5)4-9(8)10/h13-20H,5-12H2,1-4H3;12-16H,4-11H2,1-3H3;9-13H,6-8H2,1-5H3;8-12H,6-7H2,1-5H3;7-10H,3-6H2,1-2H3;7-11,13H,5-6H2,1-4H3;5-10H,3-4H2,1-2H3. The molecule has 20 fully saturated rings. The van der Waals surface area contributed by atoms with Crippen LogP contribution in [0.2, 0.25) is 0 Å². The number of aliphatic hydroxyl groups excluding tert-OH is 1. The molecule has 19 aliphatic carbocycles. The molecular weight excluding hydrogens is 1430 g/mol. The van der Waals surface area contributed by atoms with Gasteiger partial charge in [0.2, 0.25) is 0 Å². The van der Waals surface area contributed by atoms with Crippen LogP contribution in [0.25, 0.3) is 0 Å². The first-order valence-electron chi connectivity index (χ1n) is 49.2. The predicted octanol–water partition coefficient (Wildman–Crippen LogP) is 23.5. The molecule has 2 N–H and O–H groups in total. The second-order valence-electron chi connectivity index (χ2n) is 48.2. The van der Waals surface area contributed by atoms with E-state index in [4.69, 9.17) is 23.7 Å². The van der Waals surface area contributed by atoms with Crippen LogP contribution in [0.5, 0.6) is 0 Å². The zero-order valence-corrected chi connectivity index (χ0v) is 77.8. The number of carbonyl (C=O) groups is 5. The summed E-state index contributed by atoms with van der Waals surface area (Å²) in [4.78, 5) is 62.0. The summed E-state index contributed by atoms with van der Waals surface area (Å²) >= 11 is 0. The largest absolute Gasteiger partial charge is 0.465 e. The smallest absolute Gasteiger partial charge is 0.312 e. The van der Waals surface area contributed by atoms with Gasteiger partial charge in [-0.05, 0) is 425 Å². The fourth-order valence-electron chi connectivity index (χ4n) is 31.9. The maximum Gasteiger partial charge on any atom is 0.312 e. The van der Waals surface area contributed by atoms with Crippen LogP contribution in [0.1, 0.15) is 353 Å². The highest BCUT2D eigenvalue weighted by atomic mass is 16.6. The van der Waals surface area contributed by atoms with Crippen LogP contribution in [-0.4, -0.2) is 80.8 Å². The van der Waals surface area contributed by atoms with Gasteiger partial charge in [0.15, 0.2) is 0 Å². The lowest BCUT2D eigenvalue weighted by Gasteiger charge is -2.61. The van der Waals surface area contributed by atoms with Gasteiger partial charge in [0.05, 0.1) is 47.4 Å². The van der Waals surface area contributed by atoms with Crippen molar-refractivity contribution < 1.29 is 57.9 Å². The average Bonchev–Trinajstić information content (AvgIpc) is 1.33. The Bertz CT molecular complexity index is 3320. The number of fused-ring (bicyclic) bond motifs is 15. The monoisotopic (exact) mass is 1600 g/mol. The maximum atomic E-state index is 13.2. The van der Waals surface area contributed by atoms with Crippen LogP contribution >= 0.6 is 0 Å². The number of hydrogen-bond acceptors (Lipinski definition) is 12. The molecule has 1 heterocycles. The van der Waals surface area contributed by atoms with E-state index < -0.39 is 5.60 Å². The summed E-state index contributed by atoms with van der Waals surface area (Å²) in [6.45, 7) is 56.0. The van der Waals surface area contributed by atoms with Gasteiger partial charge in [0.1, 0.15) is 22.4 Å². The molecule has 12 heteroatoms. The van der Waals surface area contributed by atoms with Crippen molar-refractivity contribution in [2.75, 3.05) is 6.61 Å². The quantitative estimate of drug-likeness (QED) is 0.148. The van der Waals surface area contributed by atoms with Gasteiger partial charge >= 0.3 is 29.8 Å². The Hall–Kier alpha value is -2.73. The van der Waals surface area contributed by atoms with Gasteiger partial charge in [-0.15, -0.1) is 0 Å². The minimum absolute atomic E-state index is 0.0381. The van der Waals surface area contributed by atoms with Gasteiger partial charge in [-0.2, -0.15) is 0 Å². The topological polar surface area (TPSA) is 172 Å². The molecule has 12 nitrogen and oxygen atoms in total. The van der Waals surface area contributed by atoms with Gasteiger partial charge in [-0.1, -0.05) is 117 Å². The van der Waals surface area contributed by atoms with E-state index in [1.54, 1.807) is 0 Å². The lowest BCUT2D eigenvalue weighted by molar-refractivity contribution is -0.204. The lowest BCUT2D eigenvalue weighted by atomic mass is 9.46. The highest BCUT2D eigenvalue weighted by molar-refractivity contribution is 5.80. The summed E-state index contributed by atoms with van der Waals surface area (Å²) in [7, 11) is 0. The normalized spacial score (nSPS) is 48.6. The molecule has 0 radical (unpaired) electrons. The molecular formula is C103H172O12. The number of hydrogen-bond donors (Lipinski definition) is 2. The number of carbonyl (C=O) groups excluding carboxylic acids is 5. The minimum Gasteiger partial charge on any atom is -0.465 e. The number of rotatable bonds is 11. The molecule has 18 bridgehead atoms. The van der Waals surface area contributed by atoms with Crippen molar-refractivity contribution in [2.45, 2.75) is 387 Å². The Kier molecular flexibility index (Phi) is 26.7. The van der Waals surface area contributed by atoms with Gasteiger partial charge < -0.3 is 33.9 Å². The first-order valence-corrected chi connectivity index (χ1v) is 49.2. The molecule has 115 heavy (non-hydrogen) atoms. The van der Waals surface area contributed by atoms with Crippen molar-refractivity contribution in [1.29, 1.82) is 0 Å². The molecule has 20 aliphatic rings. The molecule has 0 aromatic heterocycles. The van der Waals surface area contributed by atoms with E-state index in [0.717, 1.165) is 195 Å². The van der Waals surface area contributed by atoms with Crippen molar-refractivity contribution in [3.8, 4) is 0 Å². The van der Waals surface area contributed by atoms with Crippen molar-refractivity contribution >= 4 is 29.8 Å². The van der Waals surface area contributed by atoms with Gasteiger partial charge in [0.25, 0.3) is 0 Å². The van der Waals surface area contributed by atoms with Crippen LogP contribution in [0, 0.1) is 224 Å². The third-order valence-electron chi connectivity index (χ3n) is 40.8. The van der Waals surface area contributed by atoms with Crippen LogP contribution < -0.4 is 0 Å². The number of aliphatic hydroxyl groups is 2. The highest BCUT2D eigenvalue weighted by Gasteiger charge is 2.65. The molecule has 1 aliphatic heterocycles. The van der Waals surface area contributed by atoms with E-state index in [2.05, 4.69) is 125 Å². The molecule has 19 saturated carbocycles. The molecule has 0 aromatic rings. The maximum absolute atomic E-state index is 13.2. The molecule has 35 unspecified atom stereocenters. The highest BCUT2D eigenvalue weighted by Crippen LogP contribution is 2.68. The van der Waals surface area contributed by atoms with Crippen molar-refractivity contribution in [2.24, 2.45) is 224 Å². The molecule has 656 valence electrons. The predicted molar refractivity (Wildman–Crippen MR) is 459 cm³/mol. The number of esters is 5. The first kappa shape index (κ1) is 90.0. The van der Waals surface area contributed by atoms with Crippen molar-refractivity contribution in [3.63, 3.8) is 0 Å². The summed E-state index contributed by atoms with van der Waals surface area (Å²) < 4.78 is 28.9. The zero-order chi connectivity index (χ0) is 83.8. The number of cyclic esters (lactones) is 1. The Morgan fingerprint density at radius 2 is 0.774 bits per heavy atom. The molecule has 20 rings (SSSR count). The fraction of sp³-hybridized carbons (Fsp3) is 0.951. The van der Waals surface area contributed by atoms with E-state index in [0.29, 0.717) is 71.7 Å². The summed E-state index contributed by atoms with van der Waals surface area (Å²) in [6.07, 6.45) is 33.8. The van der Waals surface area contributed by atoms with Crippen LogP contribution in [0.15, 0.2) is 0 Å². The van der Waals surface area contributed by atoms with E-state index in [9.17, 15) is 34.2 Å². The lowest BCUT2D eigenvalue weighted by Crippen LogP contribution is -2.57. The van der Waals surface area contributed by atoms with Gasteiger partial charge in [-0.3, -0.25) is 24.0 Å². The van der Waals surface area contributed by atoms with Gasteiger partial charge in [-0.25, -0.2) is 0 Å². The third-order valence-corrected chi connectivity index (χ3v) is 40.8. The van der Waals surface area contributed by atoms with Crippen LogP contribution in [0.4, 0.5) is 0 Å². The van der Waals surface area contributed by atoms with Crippen molar-refractivity contribution in [1.82, 2.24) is 0 Å². The third kappa shape index (κ3) is 17.5. The summed E-state index contributed by atoms with van der Waals surface area (Å²) in [5.74, 6) is 25.4. The average molecular weight is 1600 g/mol. The van der Waals surface area contributed by atoms with Crippen molar-refractivity contribution in [3.05, 3.63) is 0 Å². The van der Waals surface area contributed by atoms with Crippen LogP contribution in [-0.2, 0) is 47.7 Å².